The molecule has 18 heavy (non-hydrogen) atoms. The summed E-state index contributed by atoms with van der Waals surface area (Å²) in [6, 6.07) is 3.76. The molecule has 94 valence electrons. The first kappa shape index (κ1) is 12.8. The van der Waals surface area contributed by atoms with E-state index in [1.54, 1.807) is 12.5 Å². The Labute approximate surface area is 110 Å². The Kier molecular flexibility index (Phi) is 3.81. The monoisotopic (exact) mass is 261 g/mol. The quantitative estimate of drug-likeness (QED) is 0.795. The minimum absolute atomic E-state index is 0.0278. The first-order chi connectivity index (χ1) is 8.67. The number of thioether (sulfide) groups is 1. The lowest BCUT2D eigenvalue weighted by molar-refractivity contribution is 0.831. The summed E-state index contributed by atoms with van der Waals surface area (Å²) in [4.78, 5) is 21.6. The van der Waals surface area contributed by atoms with Gasteiger partial charge in [-0.2, -0.15) is 0 Å². The molecule has 0 aliphatic rings. The zero-order chi connectivity index (χ0) is 13.1. The Morgan fingerprint density at radius 3 is 2.67 bits per heavy atom. The fourth-order valence-electron chi connectivity index (χ4n) is 1.71. The summed E-state index contributed by atoms with van der Waals surface area (Å²) in [6.07, 6.45) is 5.93. The second-order valence-corrected chi connectivity index (χ2v) is 4.73. The number of rotatable bonds is 3. The predicted octanol–water partition coefficient (Wildman–Crippen LogP) is 2.22. The van der Waals surface area contributed by atoms with E-state index in [0.717, 1.165) is 23.5 Å². The number of hydrogen-bond acceptors (Lipinski definition) is 4. The first-order valence-electron chi connectivity index (χ1n) is 5.75. The topological polar surface area (TPSA) is 47.8 Å². The molecule has 0 saturated carbocycles. The molecule has 0 aliphatic heterocycles. The molecule has 0 bridgehead atoms. The van der Waals surface area contributed by atoms with Gasteiger partial charge < -0.3 is 0 Å². The molecule has 0 radical (unpaired) electrons. The highest BCUT2D eigenvalue weighted by Gasteiger charge is 2.10. The van der Waals surface area contributed by atoms with Gasteiger partial charge in [0.25, 0.3) is 5.56 Å². The van der Waals surface area contributed by atoms with E-state index in [1.165, 1.54) is 16.3 Å². The van der Waals surface area contributed by atoms with Crippen molar-refractivity contribution < 1.29 is 0 Å². The lowest BCUT2D eigenvalue weighted by atomic mass is 10.3. The van der Waals surface area contributed by atoms with Crippen LogP contribution in [0.3, 0.4) is 0 Å². The summed E-state index contributed by atoms with van der Waals surface area (Å²) < 4.78 is 1.54. The Hall–Kier alpha value is -1.62. The number of aromatic nitrogens is 3. The van der Waals surface area contributed by atoms with Crippen molar-refractivity contribution in [1.29, 1.82) is 0 Å². The normalized spacial score (nSPS) is 10.6. The number of aryl methyl sites for hydroxylation is 2. The van der Waals surface area contributed by atoms with Gasteiger partial charge >= 0.3 is 0 Å². The third-order valence-corrected chi connectivity index (χ3v) is 3.54. The van der Waals surface area contributed by atoms with Gasteiger partial charge in [0.2, 0.25) is 0 Å². The third kappa shape index (κ3) is 2.31. The van der Waals surface area contributed by atoms with Gasteiger partial charge in [0, 0.05) is 5.69 Å². The van der Waals surface area contributed by atoms with E-state index in [9.17, 15) is 4.79 Å². The molecular formula is C13H15N3OS. The van der Waals surface area contributed by atoms with Gasteiger partial charge in [0.1, 0.15) is 6.33 Å². The van der Waals surface area contributed by atoms with Crippen LogP contribution >= 0.6 is 11.8 Å². The Bertz CT molecular complexity index is 605. The SMILES string of the molecule is CCc1ncn(-c2ccc(C)nc2)c(=O)c1SC. The van der Waals surface area contributed by atoms with E-state index in [2.05, 4.69) is 9.97 Å². The smallest absolute Gasteiger partial charge is 0.268 e. The van der Waals surface area contributed by atoms with Gasteiger partial charge in [-0.15, -0.1) is 11.8 Å². The van der Waals surface area contributed by atoms with Crippen molar-refractivity contribution in [2.75, 3.05) is 6.26 Å². The molecular weight excluding hydrogens is 246 g/mol. The molecule has 0 unspecified atom stereocenters. The van der Waals surface area contributed by atoms with Crippen LogP contribution in [0.15, 0.2) is 34.3 Å². The number of nitrogens with zero attached hydrogens (tertiary/aromatic N) is 3. The van der Waals surface area contributed by atoms with Gasteiger partial charge in [-0.25, -0.2) is 4.98 Å². The highest BCUT2D eigenvalue weighted by Crippen LogP contribution is 2.15. The Morgan fingerprint density at radius 1 is 1.33 bits per heavy atom. The fourth-order valence-corrected chi connectivity index (χ4v) is 2.42. The average molecular weight is 261 g/mol. The average Bonchev–Trinajstić information content (AvgIpc) is 2.39. The fraction of sp³-hybridized carbons (Fsp3) is 0.308. The van der Waals surface area contributed by atoms with Crippen molar-refractivity contribution in [2.45, 2.75) is 25.2 Å². The maximum Gasteiger partial charge on any atom is 0.271 e. The first-order valence-corrected chi connectivity index (χ1v) is 6.97. The summed E-state index contributed by atoms with van der Waals surface area (Å²) in [7, 11) is 0. The minimum atomic E-state index is -0.0278. The molecule has 0 aliphatic carbocycles. The molecule has 0 N–H and O–H groups in total. The molecule has 0 fully saturated rings. The van der Waals surface area contributed by atoms with Crippen molar-refractivity contribution in [2.24, 2.45) is 0 Å². The second kappa shape index (κ2) is 5.35. The van der Waals surface area contributed by atoms with Gasteiger partial charge in [0.05, 0.1) is 22.5 Å². The van der Waals surface area contributed by atoms with E-state index >= 15 is 0 Å². The van der Waals surface area contributed by atoms with Crippen molar-refractivity contribution in [3.63, 3.8) is 0 Å². The van der Waals surface area contributed by atoms with Crippen LogP contribution in [-0.4, -0.2) is 20.8 Å². The molecule has 2 heterocycles. The lowest BCUT2D eigenvalue weighted by Crippen LogP contribution is -2.22. The van der Waals surface area contributed by atoms with Crippen LogP contribution in [0.2, 0.25) is 0 Å². The standard InChI is InChI=1S/C13H15N3OS/c1-4-11-12(18-3)13(17)16(8-15-11)10-6-5-9(2)14-7-10/h5-8H,4H2,1-3H3. The lowest BCUT2D eigenvalue weighted by Gasteiger charge is -2.09. The van der Waals surface area contributed by atoms with Crippen LogP contribution in [0, 0.1) is 6.92 Å². The molecule has 2 aromatic heterocycles. The van der Waals surface area contributed by atoms with Crippen molar-refractivity contribution >= 4 is 11.8 Å². The molecule has 0 atom stereocenters. The highest BCUT2D eigenvalue weighted by molar-refractivity contribution is 7.98. The number of hydrogen-bond donors (Lipinski definition) is 0. The molecule has 0 saturated heterocycles. The Balaban J connectivity index is 2.59. The van der Waals surface area contributed by atoms with Crippen LogP contribution in [-0.2, 0) is 6.42 Å². The van der Waals surface area contributed by atoms with Gasteiger partial charge in [-0.1, -0.05) is 6.92 Å². The largest absolute Gasteiger partial charge is 0.271 e. The summed E-state index contributed by atoms with van der Waals surface area (Å²) in [5, 5.41) is 0. The summed E-state index contributed by atoms with van der Waals surface area (Å²) in [6.45, 7) is 3.91. The van der Waals surface area contributed by atoms with Crippen LogP contribution in [0.25, 0.3) is 5.69 Å². The third-order valence-electron chi connectivity index (χ3n) is 2.72. The summed E-state index contributed by atoms with van der Waals surface area (Å²) >= 11 is 1.44. The zero-order valence-corrected chi connectivity index (χ0v) is 11.5. The van der Waals surface area contributed by atoms with Crippen LogP contribution in [0.4, 0.5) is 0 Å². The molecule has 5 heteroatoms. The molecule has 0 spiro atoms. The molecule has 4 nitrogen and oxygen atoms in total. The summed E-state index contributed by atoms with van der Waals surface area (Å²) in [5.74, 6) is 0. The van der Waals surface area contributed by atoms with Crippen molar-refractivity contribution in [3.8, 4) is 5.69 Å². The maximum atomic E-state index is 12.3. The molecule has 2 rings (SSSR count). The molecule has 0 amide bonds. The van der Waals surface area contributed by atoms with E-state index in [4.69, 9.17) is 0 Å². The van der Waals surface area contributed by atoms with E-state index in [-0.39, 0.29) is 5.56 Å². The number of pyridine rings is 1. The minimum Gasteiger partial charge on any atom is -0.268 e. The zero-order valence-electron chi connectivity index (χ0n) is 10.7. The molecule has 2 aromatic rings. The molecule has 0 aromatic carbocycles. The second-order valence-electron chi connectivity index (χ2n) is 3.91. The van der Waals surface area contributed by atoms with Crippen molar-refractivity contribution in [3.05, 3.63) is 46.4 Å². The van der Waals surface area contributed by atoms with Gasteiger partial charge in [-0.3, -0.25) is 14.3 Å². The summed E-state index contributed by atoms with van der Waals surface area (Å²) in [5.41, 5.74) is 2.50. The van der Waals surface area contributed by atoms with Gasteiger partial charge in [0.15, 0.2) is 0 Å². The van der Waals surface area contributed by atoms with E-state index < -0.39 is 0 Å². The van der Waals surface area contributed by atoms with Crippen molar-refractivity contribution in [1.82, 2.24) is 14.5 Å². The predicted molar refractivity (Wildman–Crippen MR) is 73.5 cm³/mol. The van der Waals surface area contributed by atoms with E-state index in [0.29, 0.717) is 4.90 Å². The van der Waals surface area contributed by atoms with Crippen LogP contribution in [0.5, 0.6) is 0 Å². The van der Waals surface area contributed by atoms with Crippen LogP contribution < -0.4 is 5.56 Å². The van der Waals surface area contributed by atoms with Crippen LogP contribution in [0.1, 0.15) is 18.3 Å². The highest BCUT2D eigenvalue weighted by atomic mass is 32.2. The van der Waals surface area contributed by atoms with E-state index in [1.807, 2.05) is 32.2 Å². The maximum absolute atomic E-state index is 12.3. The van der Waals surface area contributed by atoms with Gasteiger partial charge in [-0.05, 0) is 31.7 Å². The Morgan fingerprint density at radius 2 is 2.11 bits per heavy atom.